The van der Waals surface area contributed by atoms with Crippen LogP contribution in [-0.4, -0.2) is 12.0 Å². The van der Waals surface area contributed by atoms with Crippen LogP contribution in [0.5, 0.6) is 0 Å². The van der Waals surface area contributed by atoms with E-state index in [1.807, 2.05) is 0 Å². The summed E-state index contributed by atoms with van der Waals surface area (Å²) in [6.45, 7) is 4.47. The van der Waals surface area contributed by atoms with E-state index in [4.69, 9.17) is 0 Å². The van der Waals surface area contributed by atoms with Crippen LogP contribution in [0.4, 0.5) is 4.39 Å². The van der Waals surface area contributed by atoms with Crippen molar-refractivity contribution in [3.63, 3.8) is 0 Å². The Labute approximate surface area is 194 Å². The number of ketones is 1. The summed E-state index contributed by atoms with van der Waals surface area (Å²) in [5, 5.41) is 0. The van der Waals surface area contributed by atoms with E-state index in [0.29, 0.717) is 12.8 Å². The quantitative estimate of drug-likeness (QED) is 0.109. The average Bonchev–Trinajstić information content (AvgIpc) is 2.75. The summed E-state index contributed by atoms with van der Waals surface area (Å²) in [6.07, 6.45) is 31.0. The average molecular weight is 437 g/mol. The van der Waals surface area contributed by atoms with Crippen molar-refractivity contribution in [2.45, 2.75) is 155 Å². The van der Waals surface area contributed by atoms with Gasteiger partial charge < -0.3 is 0 Å². The van der Waals surface area contributed by atoms with Crippen LogP contribution in [-0.2, 0) is 4.79 Å². The van der Waals surface area contributed by atoms with Gasteiger partial charge in [0, 0.05) is 12.8 Å². The third-order valence-corrected chi connectivity index (χ3v) is 5.98. The van der Waals surface area contributed by atoms with Gasteiger partial charge in [-0.15, -0.1) is 0 Å². The molecule has 0 amide bonds. The van der Waals surface area contributed by atoms with E-state index in [-0.39, 0.29) is 12.2 Å². The van der Waals surface area contributed by atoms with Gasteiger partial charge in [0.15, 0.2) is 0 Å². The lowest BCUT2D eigenvalue weighted by Crippen LogP contribution is -2.09. The van der Waals surface area contributed by atoms with Crippen molar-refractivity contribution in [3.05, 3.63) is 24.3 Å². The monoisotopic (exact) mass is 436 g/mol. The molecule has 0 aromatic heterocycles. The Bertz CT molecular complexity index is 426. The summed E-state index contributed by atoms with van der Waals surface area (Å²) in [6, 6.07) is 0. The van der Waals surface area contributed by atoms with Gasteiger partial charge in [-0.25, -0.2) is 4.39 Å². The fourth-order valence-corrected chi connectivity index (χ4v) is 3.91. The highest BCUT2D eigenvalue weighted by atomic mass is 19.1. The Morgan fingerprint density at radius 3 is 1.77 bits per heavy atom. The zero-order chi connectivity index (χ0) is 22.8. The number of halogens is 1. The molecule has 0 radical (unpaired) electrons. The highest BCUT2D eigenvalue weighted by Crippen LogP contribution is 2.15. The van der Waals surface area contributed by atoms with Crippen LogP contribution in [0, 0.1) is 0 Å². The van der Waals surface area contributed by atoms with Crippen molar-refractivity contribution in [1.29, 1.82) is 0 Å². The molecule has 1 atom stereocenters. The van der Waals surface area contributed by atoms with Crippen LogP contribution in [0.3, 0.4) is 0 Å². The van der Waals surface area contributed by atoms with Gasteiger partial charge in [0.2, 0.25) is 0 Å². The summed E-state index contributed by atoms with van der Waals surface area (Å²) in [5.41, 5.74) is 0. The van der Waals surface area contributed by atoms with Crippen LogP contribution in [0.25, 0.3) is 0 Å². The number of hydrogen-bond acceptors (Lipinski definition) is 1. The third kappa shape index (κ3) is 25.2. The molecule has 0 spiro atoms. The molecule has 0 aromatic rings. The molecule has 0 aliphatic rings. The molecule has 1 unspecified atom stereocenters. The third-order valence-electron chi connectivity index (χ3n) is 5.98. The normalized spacial score (nSPS) is 12.9. The van der Waals surface area contributed by atoms with E-state index in [2.05, 4.69) is 38.2 Å². The predicted octanol–water partition coefficient (Wildman–Crippen LogP) is 10.2. The lowest BCUT2D eigenvalue weighted by Gasteiger charge is -2.07. The lowest BCUT2D eigenvalue weighted by atomic mass is 10.0. The molecule has 0 heterocycles. The largest absolute Gasteiger partial charge is 0.300 e. The molecule has 0 rings (SSSR count). The molecule has 0 N–H and O–H groups in total. The van der Waals surface area contributed by atoms with Crippen molar-refractivity contribution in [1.82, 2.24) is 0 Å². The zero-order valence-electron chi connectivity index (χ0n) is 21.0. The van der Waals surface area contributed by atoms with Crippen molar-refractivity contribution >= 4 is 5.78 Å². The molecular formula is C29H53FO. The maximum absolute atomic E-state index is 14.0. The second-order valence-electron chi connectivity index (χ2n) is 9.23. The van der Waals surface area contributed by atoms with Crippen LogP contribution >= 0.6 is 0 Å². The standard InChI is InChI=1S/C29H53FO/c1-3-5-7-9-11-12-13-14-15-16-17-18-20-21-23-25-28(30)27-29(31)26-24-22-19-10-8-6-4-2/h11-12,14-15,28H,3-10,13,16-27H2,1-2H3/b12-11-,15-14-. The Morgan fingerprint density at radius 1 is 0.645 bits per heavy atom. The first-order valence-corrected chi connectivity index (χ1v) is 13.7. The summed E-state index contributed by atoms with van der Waals surface area (Å²) in [5.74, 6) is 0.128. The van der Waals surface area contributed by atoms with Crippen LogP contribution < -0.4 is 0 Å². The lowest BCUT2D eigenvalue weighted by molar-refractivity contribution is -0.120. The van der Waals surface area contributed by atoms with Crippen molar-refractivity contribution in [2.75, 3.05) is 0 Å². The molecule has 0 saturated carbocycles. The number of unbranched alkanes of at least 4 members (excludes halogenated alkanes) is 14. The minimum Gasteiger partial charge on any atom is -0.300 e. The van der Waals surface area contributed by atoms with Gasteiger partial charge in [0.05, 0.1) is 0 Å². The van der Waals surface area contributed by atoms with Crippen LogP contribution in [0.1, 0.15) is 149 Å². The fraction of sp³-hybridized carbons (Fsp3) is 0.828. The summed E-state index contributed by atoms with van der Waals surface area (Å²) < 4.78 is 14.0. The number of hydrogen-bond donors (Lipinski definition) is 0. The molecule has 1 nitrogen and oxygen atoms in total. The van der Waals surface area contributed by atoms with Crippen molar-refractivity contribution in [3.8, 4) is 0 Å². The smallest absolute Gasteiger partial charge is 0.135 e. The number of carbonyl (C=O) groups excluding carboxylic acids is 1. The topological polar surface area (TPSA) is 17.1 Å². The molecule has 2 heteroatoms. The van der Waals surface area contributed by atoms with Gasteiger partial charge in [-0.1, -0.05) is 115 Å². The summed E-state index contributed by atoms with van der Waals surface area (Å²) >= 11 is 0. The highest BCUT2D eigenvalue weighted by molar-refractivity contribution is 5.78. The highest BCUT2D eigenvalue weighted by Gasteiger charge is 2.12. The van der Waals surface area contributed by atoms with Crippen LogP contribution in [0.15, 0.2) is 24.3 Å². The number of allylic oxidation sites excluding steroid dienone is 4. The van der Waals surface area contributed by atoms with Gasteiger partial charge in [-0.2, -0.15) is 0 Å². The zero-order valence-corrected chi connectivity index (χ0v) is 21.0. The minimum atomic E-state index is -0.921. The molecule has 0 saturated heterocycles. The Kier molecular flexibility index (Phi) is 24.6. The second kappa shape index (κ2) is 25.3. The number of rotatable bonds is 24. The Morgan fingerprint density at radius 2 is 1.13 bits per heavy atom. The predicted molar refractivity (Wildman–Crippen MR) is 136 cm³/mol. The van der Waals surface area contributed by atoms with E-state index in [1.165, 1.54) is 77.0 Å². The maximum Gasteiger partial charge on any atom is 0.135 e. The van der Waals surface area contributed by atoms with Crippen molar-refractivity contribution in [2.24, 2.45) is 0 Å². The number of carbonyl (C=O) groups is 1. The molecule has 182 valence electrons. The van der Waals surface area contributed by atoms with E-state index in [1.54, 1.807) is 0 Å². The molecule has 0 fully saturated rings. The van der Waals surface area contributed by atoms with Crippen molar-refractivity contribution < 1.29 is 9.18 Å². The SMILES string of the molecule is CCCCC/C=C\C/C=C\CCCCCCCC(F)CC(=O)CCCCCCCCC. The first-order chi connectivity index (χ1) is 15.2. The number of alkyl halides is 1. The van der Waals surface area contributed by atoms with Gasteiger partial charge in [-0.3, -0.25) is 4.79 Å². The Hall–Kier alpha value is -0.920. The van der Waals surface area contributed by atoms with Gasteiger partial charge >= 0.3 is 0 Å². The summed E-state index contributed by atoms with van der Waals surface area (Å²) in [4.78, 5) is 11.9. The first-order valence-electron chi connectivity index (χ1n) is 13.7. The van der Waals surface area contributed by atoms with E-state index < -0.39 is 6.17 Å². The minimum absolute atomic E-state index is 0.128. The van der Waals surface area contributed by atoms with Gasteiger partial charge in [-0.05, 0) is 44.9 Å². The summed E-state index contributed by atoms with van der Waals surface area (Å²) in [7, 11) is 0. The van der Waals surface area contributed by atoms with E-state index >= 15 is 0 Å². The van der Waals surface area contributed by atoms with E-state index in [9.17, 15) is 9.18 Å². The second-order valence-corrected chi connectivity index (χ2v) is 9.23. The Balaban J connectivity index is 3.38. The number of Topliss-reactive ketones (excluding diaryl/α,β-unsaturated/α-hetero) is 1. The van der Waals surface area contributed by atoms with E-state index in [0.717, 1.165) is 38.5 Å². The first kappa shape index (κ1) is 30.1. The molecule has 0 aliphatic carbocycles. The molecular weight excluding hydrogens is 383 g/mol. The molecule has 0 aliphatic heterocycles. The molecule has 31 heavy (non-hydrogen) atoms. The maximum atomic E-state index is 14.0. The molecule has 0 bridgehead atoms. The van der Waals surface area contributed by atoms with Gasteiger partial charge in [0.1, 0.15) is 12.0 Å². The molecule has 0 aromatic carbocycles. The van der Waals surface area contributed by atoms with Gasteiger partial charge in [0.25, 0.3) is 0 Å². The van der Waals surface area contributed by atoms with Crippen LogP contribution in [0.2, 0.25) is 0 Å². The fourth-order valence-electron chi connectivity index (χ4n) is 3.91.